The highest BCUT2D eigenvalue weighted by molar-refractivity contribution is 5.50. The van der Waals surface area contributed by atoms with Crippen LogP contribution in [0.4, 0.5) is 17.6 Å². The molecule has 0 spiro atoms. The Morgan fingerprint density at radius 2 is 1.54 bits per heavy atom. The number of ether oxygens (including phenoxy) is 2. The molecule has 0 atom stereocenters. The van der Waals surface area contributed by atoms with Gasteiger partial charge in [0.1, 0.15) is 5.69 Å². The SMILES string of the molecule is COc1cc(F)c(-n2c(=O)cc(C(F)(F)F)n(C)c2=O)cc1OC. The highest BCUT2D eigenvalue weighted by Crippen LogP contribution is 2.31. The fourth-order valence-corrected chi connectivity index (χ4v) is 2.13. The normalized spacial score (nSPS) is 11.5. The van der Waals surface area contributed by atoms with Crippen molar-refractivity contribution in [2.24, 2.45) is 7.05 Å². The second kappa shape index (κ2) is 6.02. The van der Waals surface area contributed by atoms with Crippen LogP contribution in [0.15, 0.2) is 27.8 Å². The van der Waals surface area contributed by atoms with Gasteiger partial charge in [-0.3, -0.25) is 9.36 Å². The van der Waals surface area contributed by atoms with Crippen LogP contribution in [-0.2, 0) is 13.2 Å². The summed E-state index contributed by atoms with van der Waals surface area (Å²) >= 11 is 0. The summed E-state index contributed by atoms with van der Waals surface area (Å²) in [6.45, 7) is 0. The molecule has 2 aromatic rings. The molecule has 0 aliphatic rings. The molecule has 6 nitrogen and oxygen atoms in total. The Hall–Kier alpha value is -2.78. The van der Waals surface area contributed by atoms with Crippen LogP contribution in [0.3, 0.4) is 0 Å². The van der Waals surface area contributed by atoms with Crippen LogP contribution in [-0.4, -0.2) is 23.4 Å². The maximum Gasteiger partial charge on any atom is 0.431 e. The van der Waals surface area contributed by atoms with Gasteiger partial charge in [-0.15, -0.1) is 0 Å². The minimum atomic E-state index is -4.90. The molecular weight excluding hydrogens is 336 g/mol. The van der Waals surface area contributed by atoms with Gasteiger partial charge in [0.2, 0.25) is 0 Å². The molecule has 130 valence electrons. The standard InChI is InChI=1S/C14H12F4N2O4/c1-19-11(14(16,17)18)6-12(21)20(13(19)22)8-5-10(24-3)9(23-2)4-7(8)15/h4-6H,1-3H3. The first-order valence-electron chi connectivity index (χ1n) is 6.44. The summed E-state index contributed by atoms with van der Waals surface area (Å²) < 4.78 is 63.0. The van der Waals surface area contributed by atoms with Gasteiger partial charge in [0.05, 0.1) is 19.9 Å². The van der Waals surface area contributed by atoms with Crippen molar-refractivity contribution in [2.75, 3.05) is 14.2 Å². The van der Waals surface area contributed by atoms with Crippen molar-refractivity contribution in [3.05, 3.63) is 50.5 Å². The van der Waals surface area contributed by atoms with Crippen LogP contribution in [0, 0.1) is 5.82 Å². The molecule has 0 N–H and O–H groups in total. The van der Waals surface area contributed by atoms with Crippen molar-refractivity contribution in [2.45, 2.75) is 6.18 Å². The van der Waals surface area contributed by atoms with Crippen LogP contribution in [0.2, 0.25) is 0 Å². The smallest absolute Gasteiger partial charge is 0.431 e. The van der Waals surface area contributed by atoms with E-state index < -0.39 is 34.6 Å². The molecule has 0 saturated carbocycles. The summed E-state index contributed by atoms with van der Waals surface area (Å²) in [5.74, 6) is -1.04. The Morgan fingerprint density at radius 3 is 2.04 bits per heavy atom. The predicted octanol–water partition coefficient (Wildman–Crippen LogP) is 1.71. The number of hydrogen-bond acceptors (Lipinski definition) is 4. The van der Waals surface area contributed by atoms with Crippen LogP contribution < -0.4 is 20.7 Å². The second-order valence-electron chi connectivity index (χ2n) is 4.70. The average Bonchev–Trinajstić information content (AvgIpc) is 2.50. The fraction of sp³-hybridized carbons (Fsp3) is 0.286. The minimum Gasteiger partial charge on any atom is -0.493 e. The maximum atomic E-state index is 14.2. The largest absolute Gasteiger partial charge is 0.493 e. The number of hydrogen-bond donors (Lipinski definition) is 0. The van der Waals surface area contributed by atoms with E-state index in [0.29, 0.717) is 0 Å². The first-order chi connectivity index (χ1) is 11.1. The Kier molecular flexibility index (Phi) is 4.41. The molecule has 2 rings (SSSR count). The van der Waals surface area contributed by atoms with Gasteiger partial charge in [-0.2, -0.15) is 13.2 Å². The molecule has 0 unspecified atom stereocenters. The third-order valence-corrected chi connectivity index (χ3v) is 3.30. The first kappa shape index (κ1) is 17.6. The lowest BCUT2D eigenvalue weighted by molar-refractivity contribution is -0.144. The predicted molar refractivity (Wildman–Crippen MR) is 75.3 cm³/mol. The zero-order valence-electron chi connectivity index (χ0n) is 12.8. The Labute approximate surface area is 132 Å². The summed E-state index contributed by atoms with van der Waals surface area (Å²) in [4.78, 5) is 24.1. The van der Waals surface area contributed by atoms with Crippen LogP contribution in [0.25, 0.3) is 5.69 Å². The number of nitrogens with zero attached hydrogens (tertiary/aromatic N) is 2. The van der Waals surface area contributed by atoms with E-state index in [4.69, 9.17) is 9.47 Å². The van der Waals surface area contributed by atoms with Crippen molar-refractivity contribution < 1.29 is 27.0 Å². The number of rotatable bonds is 3. The molecule has 0 amide bonds. The van der Waals surface area contributed by atoms with Crippen LogP contribution in [0.1, 0.15) is 5.69 Å². The number of halogens is 4. The van der Waals surface area contributed by atoms with Gasteiger partial charge in [0.15, 0.2) is 17.3 Å². The highest BCUT2D eigenvalue weighted by Gasteiger charge is 2.35. The van der Waals surface area contributed by atoms with E-state index in [1.165, 1.54) is 14.2 Å². The lowest BCUT2D eigenvalue weighted by Crippen LogP contribution is -2.41. The molecule has 0 bridgehead atoms. The van der Waals surface area contributed by atoms with E-state index in [1.54, 1.807) is 0 Å². The van der Waals surface area contributed by atoms with E-state index >= 15 is 0 Å². The summed E-state index contributed by atoms with van der Waals surface area (Å²) in [6.07, 6.45) is -4.90. The number of aromatic nitrogens is 2. The molecule has 1 aromatic heterocycles. The molecule has 24 heavy (non-hydrogen) atoms. The summed E-state index contributed by atoms with van der Waals surface area (Å²) in [5.41, 5.74) is -4.65. The summed E-state index contributed by atoms with van der Waals surface area (Å²) in [7, 11) is 3.33. The Balaban J connectivity index is 2.83. The maximum absolute atomic E-state index is 14.2. The van der Waals surface area contributed by atoms with E-state index in [2.05, 4.69) is 0 Å². The molecule has 10 heteroatoms. The average molecular weight is 348 g/mol. The summed E-state index contributed by atoms with van der Waals surface area (Å²) in [6, 6.07) is 2.07. The molecule has 0 fully saturated rings. The monoisotopic (exact) mass is 348 g/mol. The van der Waals surface area contributed by atoms with Crippen molar-refractivity contribution in [3.63, 3.8) is 0 Å². The topological polar surface area (TPSA) is 62.5 Å². The van der Waals surface area contributed by atoms with Gasteiger partial charge >= 0.3 is 11.9 Å². The van der Waals surface area contributed by atoms with Crippen molar-refractivity contribution in [1.82, 2.24) is 9.13 Å². The molecule has 0 aliphatic carbocycles. The summed E-state index contributed by atoms with van der Waals surface area (Å²) in [5, 5.41) is 0. The van der Waals surface area contributed by atoms with E-state index in [9.17, 15) is 27.2 Å². The minimum absolute atomic E-state index is 0.00255. The zero-order valence-corrected chi connectivity index (χ0v) is 12.8. The first-order valence-corrected chi connectivity index (χ1v) is 6.44. The van der Waals surface area contributed by atoms with E-state index in [-0.39, 0.29) is 26.7 Å². The molecular formula is C14H12F4N2O4. The van der Waals surface area contributed by atoms with Crippen molar-refractivity contribution in [1.29, 1.82) is 0 Å². The van der Waals surface area contributed by atoms with Crippen LogP contribution >= 0.6 is 0 Å². The van der Waals surface area contributed by atoms with E-state index in [1.807, 2.05) is 0 Å². The molecule has 1 heterocycles. The van der Waals surface area contributed by atoms with Crippen molar-refractivity contribution in [3.8, 4) is 17.2 Å². The fourth-order valence-electron chi connectivity index (χ4n) is 2.13. The van der Waals surface area contributed by atoms with Crippen LogP contribution in [0.5, 0.6) is 11.5 Å². The lowest BCUT2D eigenvalue weighted by Gasteiger charge is -2.15. The number of alkyl halides is 3. The Bertz CT molecular complexity index is 899. The highest BCUT2D eigenvalue weighted by atomic mass is 19.4. The second-order valence-corrected chi connectivity index (χ2v) is 4.70. The quantitative estimate of drug-likeness (QED) is 0.793. The molecule has 0 radical (unpaired) electrons. The van der Waals surface area contributed by atoms with Gasteiger partial charge in [-0.1, -0.05) is 0 Å². The zero-order chi connectivity index (χ0) is 18.2. The third-order valence-electron chi connectivity index (χ3n) is 3.30. The van der Waals surface area contributed by atoms with Gasteiger partial charge < -0.3 is 9.47 Å². The molecule has 0 aliphatic heterocycles. The van der Waals surface area contributed by atoms with Gasteiger partial charge in [-0.05, 0) is 0 Å². The van der Waals surface area contributed by atoms with Gasteiger partial charge in [0.25, 0.3) is 5.56 Å². The number of methoxy groups -OCH3 is 2. The van der Waals surface area contributed by atoms with E-state index in [0.717, 1.165) is 19.2 Å². The lowest BCUT2D eigenvalue weighted by atomic mass is 10.2. The molecule has 0 saturated heterocycles. The van der Waals surface area contributed by atoms with Gasteiger partial charge in [-0.25, -0.2) is 13.8 Å². The Morgan fingerprint density at radius 1 is 1.00 bits per heavy atom. The van der Waals surface area contributed by atoms with Crippen molar-refractivity contribution >= 4 is 0 Å². The number of benzene rings is 1. The van der Waals surface area contributed by atoms with Gasteiger partial charge in [0, 0.05) is 25.2 Å². The molecule has 1 aromatic carbocycles. The third kappa shape index (κ3) is 2.86.